The summed E-state index contributed by atoms with van der Waals surface area (Å²) >= 11 is 0. The summed E-state index contributed by atoms with van der Waals surface area (Å²) in [6.07, 6.45) is 19.6. The van der Waals surface area contributed by atoms with Gasteiger partial charge >= 0.3 is 0 Å². The van der Waals surface area contributed by atoms with E-state index >= 15 is 0 Å². The van der Waals surface area contributed by atoms with Gasteiger partial charge in [-0.1, -0.05) is 88.6 Å². The van der Waals surface area contributed by atoms with E-state index in [0.717, 1.165) is 6.42 Å². The lowest BCUT2D eigenvalue weighted by molar-refractivity contribution is 0.318. The summed E-state index contributed by atoms with van der Waals surface area (Å²) in [7, 11) is 0. The van der Waals surface area contributed by atoms with Crippen LogP contribution in [0.15, 0.2) is 49.1 Å². The highest BCUT2D eigenvalue weighted by molar-refractivity contribution is 5.15. The Morgan fingerprint density at radius 3 is 2.24 bits per heavy atom. The average Bonchev–Trinajstić information content (AvgIpc) is 3.18. The normalized spacial score (nSPS) is 13.7. The maximum atomic E-state index is 4.24. The molecule has 0 spiro atoms. The number of aromatic nitrogens is 2. The van der Waals surface area contributed by atoms with Crippen LogP contribution in [-0.4, -0.2) is 9.55 Å². The van der Waals surface area contributed by atoms with Crippen LogP contribution in [0.3, 0.4) is 0 Å². The first kappa shape index (κ1) is 19.8. The second-order valence-corrected chi connectivity index (χ2v) is 7.46. The van der Waals surface area contributed by atoms with Crippen LogP contribution in [0.1, 0.15) is 83.2 Å². The SMILES string of the molecule is CCCCCCCCCCC(Cc1ccccc1)C(C)n1ccnc1. The number of unbranched alkanes of at least 4 members (excludes halogenated alkanes) is 7. The van der Waals surface area contributed by atoms with Crippen LogP contribution in [0.2, 0.25) is 0 Å². The Hall–Kier alpha value is -1.57. The highest BCUT2D eigenvalue weighted by Crippen LogP contribution is 2.27. The molecule has 2 heteroatoms. The number of nitrogens with zero attached hydrogens (tertiary/aromatic N) is 2. The summed E-state index contributed by atoms with van der Waals surface area (Å²) in [4.78, 5) is 4.24. The molecule has 0 aliphatic heterocycles. The van der Waals surface area contributed by atoms with Crippen LogP contribution in [0.4, 0.5) is 0 Å². The molecule has 0 amide bonds. The molecular weight excluding hydrogens is 304 g/mol. The molecule has 2 atom stereocenters. The molecule has 0 N–H and O–H groups in total. The van der Waals surface area contributed by atoms with Crippen molar-refractivity contribution in [2.75, 3.05) is 0 Å². The lowest BCUT2D eigenvalue weighted by atomic mass is 9.88. The number of hydrogen-bond acceptors (Lipinski definition) is 1. The number of imidazole rings is 1. The fourth-order valence-corrected chi connectivity index (χ4v) is 3.72. The topological polar surface area (TPSA) is 17.8 Å². The van der Waals surface area contributed by atoms with Crippen molar-refractivity contribution in [2.45, 2.75) is 84.1 Å². The molecule has 25 heavy (non-hydrogen) atoms. The zero-order valence-electron chi connectivity index (χ0n) is 16.2. The molecule has 2 aromatic rings. The van der Waals surface area contributed by atoms with Gasteiger partial charge in [-0.25, -0.2) is 4.98 Å². The minimum Gasteiger partial charge on any atom is -0.334 e. The van der Waals surface area contributed by atoms with Crippen molar-refractivity contribution in [1.29, 1.82) is 0 Å². The van der Waals surface area contributed by atoms with E-state index in [0.29, 0.717) is 12.0 Å². The average molecular weight is 341 g/mol. The van der Waals surface area contributed by atoms with E-state index in [9.17, 15) is 0 Å². The summed E-state index contributed by atoms with van der Waals surface area (Å²) in [6, 6.07) is 11.5. The molecule has 0 saturated carbocycles. The zero-order valence-corrected chi connectivity index (χ0v) is 16.2. The third kappa shape index (κ3) is 7.46. The van der Waals surface area contributed by atoms with Gasteiger partial charge in [0.05, 0.1) is 6.33 Å². The Morgan fingerprint density at radius 1 is 0.920 bits per heavy atom. The molecule has 0 saturated heterocycles. The number of rotatable bonds is 13. The summed E-state index contributed by atoms with van der Waals surface area (Å²) in [5.74, 6) is 0.677. The summed E-state index contributed by atoms with van der Waals surface area (Å²) < 4.78 is 2.28. The maximum Gasteiger partial charge on any atom is 0.0948 e. The molecule has 0 aliphatic carbocycles. The van der Waals surface area contributed by atoms with E-state index < -0.39 is 0 Å². The highest BCUT2D eigenvalue weighted by Gasteiger charge is 2.18. The molecule has 0 fully saturated rings. The number of benzene rings is 1. The van der Waals surface area contributed by atoms with E-state index in [1.807, 2.05) is 12.5 Å². The fourth-order valence-electron chi connectivity index (χ4n) is 3.72. The van der Waals surface area contributed by atoms with Gasteiger partial charge in [0.2, 0.25) is 0 Å². The van der Waals surface area contributed by atoms with Crippen LogP contribution < -0.4 is 0 Å². The minimum atomic E-state index is 0.507. The fraction of sp³-hybridized carbons (Fsp3) is 0.609. The summed E-state index contributed by atoms with van der Waals surface area (Å²) in [5.41, 5.74) is 1.46. The highest BCUT2D eigenvalue weighted by atomic mass is 15.0. The third-order valence-corrected chi connectivity index (χ3v) is 5.45. The van der Waals surface area contributed by atoms with Crippen molar-refractivity contribution in [2.24, 2.45) is 5.92 Å². The van der Waals surface area contributed by atoms with Crippen molar-refractivity contribution in [3.63, 3.8) is 0 Å². The quantitative estimate of drug-likeness (QED) is 0.365. The second kappa shape index (κ2) is 11.9. The van der Waals surface area contributed by atoms with Gasteiger partial charge in [-0.3, -0.25) is 0 Å². The minimum absolute atomic E-state index is 0.507. The summed E-state index contributed by atoms with van der Waals surface area (Å²) in [5, 5.41) is 0. The predicted molar refractivity (Wildman–Crippen MR) is 108 cm³/mol. The molecule has 2 nitrogen and oxygen atoms in total. The Balaban J connectivity index is 1.78. The van der Waals surface area contributed by atoms with Crippen molar-refractivity contribution < 1.29 is 0 Å². The van der Waals surface area contributed by atoms with E-state index in [1.54, 1.807) is 0 Å². The van der Waals surface area contributed by atoms with Gasteiger partial charge in [0.25, 0.3) is 0 Å². The van der Waals surface area contributed by atoms with Crippen LogP contribution in [0.25, 0.3) is 0 Å². The molecule has 0 radical (unpaired) electrons. The van der Waals surface area contributed by atoms with Gasteiger partial charge in [-0.2, -0.15) is 0 Å². The molecule has 1 aromatic heterocycles. The molecule has 1 aromatic carbocycles. The Kier molecular flexibility index (Phi) is 9.40. The zero-order chi connectivity index (χ0) is 17.7. The lowest BCUT2D eigenvalue weighted by Gasteiger charge is -2.25. The molecule has 2 unspecified atom stereocenters. The Bertz CT molecular complexity index is 532. The largest absolute Gasteiger partial charge is 0.334 e. The molecule has 0 bridgehead atoms. The smallest absolute Gasteiger partial charge is 0.0948 e. The van der Waals surface area contributed by atoms with E-state index in [-0.39, 0.29) is 0 Å². The van der Waals surface area contributed by atoms with Crippen LogP contribution in [0, 0.1) is 5.92 Å². The maximum absolute atomic E-state index is 4.24. The monoisotopic (exact) mass is 340 g/mol. The second-order valence-electron chi connectivity index (χ2n) is 7.46. The van der Waals surface area contributed by atoms with Gasteiger partial charge < -0.3 is 4.57 Å². The number of hydrogen-bond donors (Lipinski definition) is 0. The molecule has 2 rings (SSSR count). The Morgan fingerprint density at radius 2 is 1.60 bits per heavy atom. The first-order valence-electron chi connectivity index (χ1n) is 10.3. The first-order chi connectivity index (χ1) is 12.3. The molecule has 0 aliphatic rings. The van der Waals surface area contributed by atoms with Crippen LogP contribution in [-0.2, 0) is 6.42 Å². The van der Waals surface area contributed by atoms with Gasteiger partial charge in [0.1, 0.15) is 0 Å². The van der Waals surface area contributed by atoms with Crippen LogP contribution >= 0.6 is 0 Å². The van der Waals surface area contributed by atoms with Crippen molar-refractivity contribution in [3.05, 3.63) is 54.6 Å². The van der Waals surface area contributed by atoms with Crippen LogP contribution in [0.5, 0.6) is 0 Å². The predicted octanol–water partition coefficient (Wildman–Crippen LogP) is 6.83. The Labute approximate surface area is 154 Å². The van der Waals surface area contributed by atoms with Gasteiger partial charge in [-0.15, -0.1) is 0 Å². The summed E-state index contributed by atoms with van der Waals surface area (Å²) in [6.45, 7) is 4.63. The van der Waals surface area contributed by atoms with E-state index in [4.69, 9.17) is 0 Å². The molecule has 138 valence electrons. The molecular formula is C23H36N2. The van der Waals surface area contributed by atoms with Gasteiger partial charge in [0.15, 0.2) is 0 Å². The molecule has 1 heterocycles. The first-order valence-corrected chi connectivity index (χ1v) is 10.3. The van der Waals surface area contributed by atoms with E-state index in [1.165, 1.54) is 63.4 Å². The van der Waals surface area contributed by atoms with E-state index in [2.05, 4.69) is 59.9 Å². The van der Waals surface area contributed by atoms with Crippen molar-refractivity contribution in [1.82, 2.24) is 9.55 Å². The van der Waals surface area contributed by atoms with Gasteiger partial charge in [0, 0.05) is 18.4 Å². The lowest BCUT2D eigenvalue weighted by Crippen LogP contribution is -2.18. The van der Waals surface area contributed by atoms with Crippen molar-refractivity contribution in [3.8, 4) is 0 Å². The van der Waals surface area contributed by atoms with Crippen molar-refractivity contribution >= 4 is 0 Å². The third-order valence-electron chi connectivity index (χ3n) is 5.45. The standard InChI is InChI=1S/C23H36N2/c1-3-4-5-6-7-8-9-13-16-23(19-22-14-11-10-12-15-22)21(2)25-18-17-24-20-25/h10-12,14-15,17-18,20-21,23H,3-9,13,16,19H2,1-2H3. The van der Waals surface area contributed by atoms with Gasteiger partial charge in [-0.05, 0) is 31.2 Å².